The van der Waals surface area contributed by atoms with Crippen molar-refractivity contribution >= 4 is 5.91 Å². The Balaban J connectivity index is 2.44. The molecular formula is C36H71NO8. The number of unbranched alkanes of at least 4 members (excludes halogenated alkanes) is 20. The van der Waals surface area contributed by atoms with E-state index in [1.807, 2.05) is 0 Å². The van der Waals surface area contributed by atoms with Gasteiger partial charge in [0.2, 0.25) is 5.91 Å². The average molecular weight is 646 g/mol. The summed E-state index contributed by atoms with van der Waals surface area (Å²) in [4.78, 5) is 12.8. The fraction of sp³-hybridized carbons (Fsp3) is 0.972. The minimum absolute atomic E-state index is 0.133. The Kier molecular flexibility index (Phi) is 26.5. The largest absolute Gasteiger partial charge is 0.394 e. The van der Waals surface area contributed by atoms with Gasteiger partial charge in [-0.1, -0.05) is 149 Å². The van der Waals surface area contributed by atoms with Gasteiger partial charge in [0.1, 0.15) is 24.4 Å². The van der Waals surface area contributed by atoms with Gasteiger partial charge in [0, 0.05) is 6.42 Å². The molecule has 1 heterocycles. The van der Waals surface area contributed by atoms with Crippen molar-refractivity contribution in [3.8, 4) is 0 Å². The van der Waals surface area contributed by atoms with Gasteiger partial charge >= 0.3 is 0 Å². The maximum absolute atomic E-state index is 12.8. The second-order valence-corrected chi connectivity index (χ2v) is 13.4. The molecule has 6 N–H and O–H groups in total. The Morgan fingerprint density at radius 1 is 0.667 bits per heavy atom. The van der Waals surface area contributed by atoms with Gasteiger partial charge < -0.3 is 40.3 Å². The Morgan fingerprint density at radius 3 is 1.58 bits per heavy atom. The topological polar surface area (TPSA) is 149 Å². The monoisotopic (exact) mass is 646 g/mol. The maximum Gasteiger partial charge on any atom is 0.220 e. The summed E-state index contributed by atoms with van der Waals surface area (Å²) in [7, 11) is 0. The van der Waals surface area contributed by atoms with Crippen LogP contribution in [0.2, 0.25) is 0 Å². The minimum Gasteiger partial charge on any atom is -0.394 e. The van der Waals surface area contributed by atoms with Crippen LogP contribution < -0.4 is 5.32 Å². The highest BCUT2D eigenvalue weighted by Crippen LogP contribution is 2.23. The first-order chi connectivity index (χ1) is 21.8. The summed E-state index contributed by atoms with van der Waals surface area (Å²) in [5, 5.41) is 53.9. The normalized spacial score (nSPS) is 23.2. The zero-order valence-corrected chi connectivity index (χ0v) is 28.9. The Bertz CT molecular complexity index is 681. The van der Waals surface area contributed by atoms with E-state index in [0.29, 0.717) is 12.8 Å². The molecule has 0 saturated carbocycles. The molecule has 1 rings (SSSR count). The number of carbonyl (C=O) groups excluding carboxylic acids is 1. The Labute approximate surface area is 274 Å². The molecule has 0 radical (unpaired) electrons. The highest BCUT2D eigenvalue weighted by Gasteiger charge is 2.44. The van der Waals surface area contributed by atoms with Gasteiger partial charge in [-0.15, -0.1) is 0 Å². The van der Waals surface area contributed by atoms with Crippen molar-refractivity contribution < 1.29 is 39.8 Å². The first-order valence-electron chi connectivity index (χ1n) is 18.7. The molecule has 7 atom stereocenters. The number of carbonyl (C=O) groups is 1. The molecule has 9 heteroatoms. The number of ether oxygens (including phenoxy) is 2. The van der Waals surface area contributed by atoms with E-state index in [9.17, 15) is 30.3 Å². The SMILES string of the molecule is CCCCCCCCCCCCCC(=O)N[C@H](CO[C@H]1O[C@@H](CO)[C@H](O)[C@H](O)[C@@H]1O)[C@@H](O)CCCCCCCCCCCCC. The molecule has 0 aliphatic carbocycles. The smallest absolute Gasteiger partial charge is 0.220 e. The number of aliphatic hydroxyl groups is 5. The van der Waals surface area contributed by atoms with E-state index < -0.39 is 49.5 Å². The van der Waals surface area contributed by atoms with Gasteiger partial charge in [0.05, 0.1) is 25.4 Å². The van der Waals surface area contributed by atoms with E-state index in [4.69, 9.17) is 9.47 Å². The molecular weight excluding hydrogens is 574 g/mol. The van der Waals surface area contributed by atoms with Crippen LogP contribution in [-0.4, -0.2) is 87.5 Å². The predicted octanol–water partition coefficient (Wildman–Crippen LogP) is 6.05. The Hall–Kier alpha value is -0.810. The van der Waals surface area contributed by atoms with Gasteiger partial charge in [-0.05, 0) is 12.8 Å². The molecule has 1 saturated heterocycles. The molecule has 0 aromatic carbocycles. The lowest BCUT2D eigenvalue weighted by Gasteiger charge is -2.40. The number of amides is 1. The standard InChI is InChI=1S/C36H71NO8/c1-3-5-7-9-11-13-15-17-19-21-23-25-30(39)29(28-44-36-35(43)34(42)33(41)31(27-38)45-36)37-32(40)26-24-22-20-18-16-14-12-10-8-6-4-2/h29-31,33-36,38-39,41-43H,3-28H2,1-2H3,(H,37,40)/t29-,30+,31+,33+,34+,35+,36+/m1/s1. The number of nitrogens with one attached hydrogen (secondary N) is 1. The van der Waals surface area contributed by atoms with Crippen LogP contribution in [0.1, 0.15) is 168 Å². The third-order valence-electron chi connectivity index (χ3n) is 9.21. The highest BCUT2D eigenvalue weighted by atomic mass is 16.7. The number of hydrogen-bond donors (Lipinski definition) is 6. The minimum atomic E-state index is -1.55. The first-order valence-corrected chi connectivity index (χ1v) is 18.7. The molecule has 0 aromatic rings. The number of rotatable bonds is 30. The first kappa shape index (κ1) is 42.2. The van der Waals surface area contributed by atoms with E-state index in [-0.39, 0.29) is 12.5 Å². The van der Waals surface area contributed by atoms with E-state index in [2.05, 4.69) is 19.2 Å². The van der Waals surface area contributed by atoms with Gasteiger partial charge in [0.15, 0.2) is 6.29 Å². The third-order valence-corrected chi connectivity index (χ3v) is 9.21. The van der Waals surface area contributed by atoms with Gasteiger partial charge in [-0.3, -0.25) is 4.79 Å². The van der Waals surface area contributed by atoms with Crippen LogP contribution >= 0.6 is 0 Å². The number of aliphatic hydroxyl groups excluding tert-OH is 5. The fourth-order valence-corrected chi connectivity index (χ4v) is 6.10. The van der Waals surface area contributed by atoms with E-state index in [0.717, 1.165) is 38.5 Å². The zero-order valence-electron chi connectivity index (χ0n) is 28.9. The van der Waals surface area contributed by atoms with Gasteiger partial charge in [-0.2, -0.15) is 0 Å². The summed E-state index contributed by atoms with van der Waals surface area (Å²) in [5.74, 6) is -0.147. The average Bonchev–Trinajstić information content (AvgIpc) is 3.04. The molecule has 268 valence electrons. The molecule has 45 heavy (non-hydrogen) atoms. The molecule has 0 spiro atoms. The van der Waals surface area contributed by atoms with Gasteiger partial charge in [0.25, 0.3) is 0 Å². The quantitative estimate of drug-likeness (QED) is 0.0517. The fourth-order valence-electron chi connectivity index (χ4n) is 6.10. The summed E-state index contributed by atoms with van der Waals surface area (Å²) < 4.78 is 11.2. The molecule has 0 unspecified atom stereocenters. The van der Waals surface area contributed by atoms with Crippen molar-refractivity contribution in [1.29, 1.82) is 0 Å². The van der Waals surface area contributed by atoms with E-state index in [1.54, 1.807) is 0 Å². The Morgan fingerprint density at radius 2 is 1.11 bits per heavy atom. The summed E-state index contributed by atoms with van der Waals surface area (Å²) in [6, 6.07) is -0.708. The van der Waals surface area contributed by atoms with Crippen LogP contribution in [0, 0.1) is 0 Å². The van der Waals surface area contributed by atoms with Crippen molar-refractivity contribution in [1.82, 2.24) is 5.32 Å². The lowest BCUT2D eigenvalue weighted by Crippen LogP contribution is -2.60. The van der Waals surface area contributed by atoms with Crippen molar-refractivity contribution in [2.24, 2.45) is 0 Å². The number of hydrogen-bond acceptors (Lipinski definition) is 8. The second-order valence-electron chi connectivity index (χ2n) is 13.4. The molecule has 0 bridgehead atoms. The zero-order chi connectivity index (χ0) is 33.1. The van der Waals surface area contributed by atoms with Crippen LogP contribution in [0.4, 0.5) is 0 Å². The van der Waals surface area contributed by atoms with E-state index in [1.165, 1.54) is 103 Å². The van der Waals surface area contributed by atoms with Crippen LogP contribution in [-0.2, 0) is 14.3 Å². The molecule has 1 amide bonds. The molecule has 9 nitrogen and oxygen atoms in total. The summed E-state index contributed by atoms with van der Waals surface area (Å²) in [5.41, 5.74) is 0. The van der Waals surface area contributed by atoms with Crippen molar-refractivity contribution in [3.63, 3.8) is 0 Å². The summed E-state index contributed by atoms with van der Waals surface area (Å²) in [6.45, 7) is 3.79. The van der Waals surface area contributed by atoms with Crippen LogP contribution in [0.25, 0.3) is 0 Å². The second kappa shape index (κ2) is 28.2. The predicted molar refractivity (Wildman–Crippen MR) is 180 cm³/mol. The summed E-state index contributed by atoms with van der Waals surface area (Å²) in [6.07, 6.45) is 19.6. The molecule has 1 fully saturated rings. The molecule has 1 aliphatic heterocycles. The lowest BCUT2D eigenvalue weighted by molar-refractivity contribution is -0.302. The van der Waals surface area contributed by atoms with E-state index >= 15 is 0 Å². The van der Waals surface area contributed by atoms with Crippen LogP contribution in [0.5, 0.6) is 0 Å². The lowest BCUT2D eigenvalue weighted by atomic mass is 9.99. The van der Waals surface area contributed by atoms with Crippen molar-refractivity contribution in [3.05, 3.63) is 0 Å². The van der Waals surface area contributed by atoms with Crippen LogP contribution in [0.3, 0.4) is 0 Å². The maximum atomic E-state index is 12.8. The highest BCUT2D eigenvalue weighted by molar-refractivity contribution is 5.76. The van der Waals surface area contributed by atoms with Crippen molar-refractivity contribution in [2.45, 2.75) is 211 Å². The molecule has 0 aromatic heterocycles. The summed E-state index contributed by atoms with van der Waals surface area (Å²) >= 11 is 0. The van der Waals surface area contributed by atoms with Gasteiger partial charge in [-0.25, -0.2) is 0 Å². The molecule has 1 aliphatic rings. The van der Waals surface area contributed by atoms with Crippen molar-refractivity contribution in [2.75, 3.05) is 13.2 Å². The third kappa shape index (κ3) is 20.2. The van der Waals surface area contributed by atoms with Crippen LogP contribution in [0.15, 0.2) is 0 Å².